The van der Waals surface area contributed by atoms with Crippen molar-refractivity contribution in [1.82, 2.24) is 0 Å². The molecule has 76 valence electrons. The van der Waals surface area contributed by atoms with E-state index in [1.165, 1.54) is 0 Å². The predicted octanol–water partition coefficient (Wildman–Crippen LogP) is 0.589. The summed E-state index contributed by atoms with van der Waals surface area (Å²) in [5.41, 5.74) is 0.420. The summed E-state index contributed by atoms with van der Waals surface area (Å²) >= 11 is 0. The molecule has 0 rings (SSSR count). The van der Waals surface area contributed by atoms with Crippen LogP contribution in [0.3, 0.4) is 0 Å². The molecule has 0 aliphatic heterocycles. The number of hydrogen-bond donors (Lipinski definition) is 1. The average molecular weight is 186 g/mol. The van der Waals surface area contributed by atoms with Gasteiger partial charge in [0.25, 0.3) is 0 Å². The molecule has 3 heteroatoms. The van der Waals surface area contributed by atoms with Crippen LogP contribution in [0.2, 0.25) is 0 Å². The molecule has 1 N–H and O–H groups in total. The van der Waals surface area contributed by atoms with Crippen molar-refractivity contribution < 1.29 is 14.4 Å². The zero-order chi connectivity index (χ0) is 10.6. The van der Waals surface area contributed by atoms with Crippen LogP contribution in [0.15, 0.2) is 12.2 Å². The lowest BCUT2D eigenvalue weighted by atomic mass is 10.1. The minimum Gasteiger partial charge on any atom is -0.379 e. The van der Waals surface area contributed by atoms with Gasteiger partial charge in [-0.05, 0) is 19.4 Å². The minimum absolute atomic E-state index is 0.250. The van der Waals surface area contributed by atoms with E-state index in [2.05, 4.69) is 6.58 Å². The SMILES string of the molecule is C=C(C)C(=O)C(O)C[N+](C)(C)CC. The average Bonchev–Trinajstić information content (AvgIpc) is 2.02. The van der Waals surface area contributed by atoms with E-state index in [4.69, 9.17) is 0 Å². The van der Waals surface area contributed by atoms with E-state index in [-0.39, 0.29) is 5.78 Å². The van der Waals surface area contributed by atoms with Crippen molar-refractivity contribution in [2.24, 2.45) is 0 Å². The number of hydrogen-bond acceptors (Lipinski definition) is 2. The maximum Gasteiger partial charge on any atom is 0.192 e. The number of quaternary nitrogens is 1. The van der Waals surface area contributed by atoms with Crippen LogP contribution < -0.4 is 0 Å². The molecule has 0 saturated heterocycles. The Kier molecular flexibility index (Phi) is 4.30. The Morgan fingerprint density at radius 2 is 2.00 bits per heavy atom. The van der Waals surface area contributed by atoms with E-state index in [1.807, 2.05) is 21.0 Å². The second-order valence-electron chi connectivity index (χ2n) is 4.09. The Morgan fingerprint density at radius 3 is 2.31 bits per heavy atom. The van der Waals surface area contributed by atoms with Crippen molar-refractivity contribution in [3.05, 3.63) is 12.2 Å². The van der Waals surface area contributed by atoms with Gasteiger partial charge in [0.15, 0.2) is 11.9 Å². The van der Waals surface area contributed by atoms with Gasteiger partial charge < -0.3 is 9.59 Å². The van der Waals surface area contributed by atoms with Crippen molar-refractivity contribution in [3.63, 3.8) is 0 Å². The van der Waals surface area contributed by atoms with E-state index in [9.17, 15) is 9.90 Å². The predicted molar refractivity (Wildman–Crippen MR) is 53.3 cm³/mol. The fraction of sp³-hybridized carbons (Fsp3) is 0.700. The number of likely N-dealkylation sites (N-methyl/N-ethyl adjacent to an activating group) is 1. The Morgan fingerprint density at radius 1 is 1.54 bits per heavy atom. The molecule has 0 bridgehead atoms. The summed E-state index contributed by atoms with van der Waals surface area (Å²) in [6.07, 6.45) is -0.910. The Labute approximate surface area is 80.3 Å². The normalized spacial score (nSPS) is 13.9. The third-order valence-corrected chi connectivity index (χ3v) is 2.25. The van der Waals surface area contributed by atoms with Gasteiger partial charge in [0, 0.05) is 0 Å². The first-order chi connectivity index (χ1) is 5.80. The lowest BCUT2D eigenvalue weighted by Crippen LogP contribution is -2.47. The summed E-state index contributed by atoms with van der Waals surface area (Å²) < 4.78 is 0.639. The summed E-state index contributed by atoms with van der Waals surface area (Å²) in [6, 6.07) is 0. The zero-order valence-corrected chi connectivity index (χ0v) is 9.00. The van der Waals surface area contributed by atoms with Crippen LogP contribution in [0.4, 0.5) is 0 Å². The van der Waals surface area contributed by atoms with Gasteiger partial charge >= 0.3 is 0 Å². The number of aliphatic hydroxyl groups excluding tert-OH is 1. The van der Waals surface area contributed by atoms with Crippen LogP contribution in [0.1, 0.15) is 13.8 Å². The van der Waals surface area contributed by atoms with Crippen LogP contribution >= 0.6 is 0 Å². The number of carbonyl (C=O) groups excluding carboxylic acids is 1. The molecule has 0 saturated carbocycles. The number of Topliss-reactive ketones (excluding diaryl/α,β-unsaturated/α-hetero) is 1. The molecular formula is C10H20NO2+. The smallest absolute Gasteiger partial charge is 0.192 e. The molecule has 0 amide bonds. The third-order valence-electron chi connectivity index (χ3n) is 2.25. The van der Waals surface area contributed by atoms with Crippen molar-refractivity contribution in [1.29, 1.82) is 0 Å². The molecule has 0 aromatic rings. The topological polar surface area (TPSA) is 37.3 Å². The second-order valence-corrected chi connectivity index (χ2v) is 4.09. The van der Waals surface area contributed by atoms with Crippen LogP contribution in [0, 0.1) is 0 Å². The highest BCUT2D eigenvalue weighted by Gasteiger charge is 2.24. The number of ketones is 1. The molecular weight excluding hydrogens is 166 g/mol. The number of rotatable bonds is 5. The number of carbonyl (C=O) groups is 1. The third kappa shape index (κ3) is 4.20. The molecule has 0 aliphatic carbocycles. The van der Waals surface area contributed by atoms with Crippen molar-refractivity contribution in [2.75, 3.05) is 27.2 Å². The number of nitrogens with zero attached hydrogens (tertiary/aromatic N) is 1. The quantitative estimate of drug-likeness (QED) is 0.504. The summed E-state index contributed by atoms with van der Waals surface area (Å²) in [5, 5.41) is 9.53. The lowest BCUT2D eigenvalue weighted by Gasteiger charge is -2.29. The fourth-order valence-corrected chi connectivity index (χ4v) is 0.965. The van der Waals surface area contributed by atoms with E-state index in [0.717, 1.165) is 6.54 Å². The van der Waals surface area contributed by atoms with Crippen LogP contribution in [-0.2, 0) is 4.79 Å². The zero-order valence-electron chi connectivity index (χ0n) is 9.00. The summed E-state index contributed by atoms with van der Waals surface area (Å²) in [7, 11) is 3.96. The Hall–Kier alpha value is -0.670. The highest BCUT2D eigenvalue weighted by molar-refractivity contribution is 5.97. The molecule has 1 unspecified atom stereocenters. The van der Waals surface area contributed by atoms with Crippen LogP contribution in [-0.4, -0.2) is 48.7 Å². The molecule has 3 nitrogen and oxygen atoms in total. The van der Waals surface area contributed by atoms with E-state index in [1.54, 1.807) is 6.92 Å². The van der Waals surface area contributed by atoms with Gasteiger partial charge in [-0.3, -0.25) is 4.79 Å². The molecule has 1 atom stereocenters. The molecule has 13 heavy (non-hydrogen) atoms. The first-order valence-corrected chi connectivity index (χ1v) is 4.50. The molecule has 0 aromatic carbocycles. The maximum atomic E-state index is 11.3. The number of aliphatic hydroxyl groups is 1. The van der Waals surface area contributed by atoms with Gasteiger partial charge in [0.05, 0.1) is 20.6 Å². The standard InChI is InChI=1S/C10H20NO2/c1-6-11(4,5)7-9(12)10(13)8(2)3/h9,12H,2,6-7H2,1,3-5H3/q+1. The van der Waals surface area contributed by atoms with Crippen molar-refractivity contribution in [2.45, 2.75) is 20.0 Å². The van der Waals surface area contributed by atoms with Crippen LogP contribution in [0.25, 0.3) is 0 Å². The first kappa shape index (κ1) is 12.3. The van der Waals surface area contributed by atoms with E-state index in [0.29, 0.717) is 16.6 Å². The molecule has 0 aromatic heterocycles. The summed E-state index contributed by atoms with van der Waals surface area (Å²) in [5.74, 6) is -0.250. The monoisotopic (exact) mass is 186 g/mol. The molecule has 0 heterocycles. The lowest BCUT2D eigenvalue weighted by molar-refractivity contribution is -0.890. The highest BCUT2D eigenvalue weighted by Crippen LogP contribution is 2.03. The van der Waals surface area contributed by atoms with E-state index >= 15 is 0 Å². The highest BCUT2D eigenvalue weighted by atomic mass is 16.3. The van der Waals surface area contributed by atoms with Gasteiger partial charge in [-0.15, -0.1) is 0 Å². The second kappa shape index (κ2) is 4.53. The molecule has 0 radical (unpaired) electrons. The summed E-state index contributed by atoms with van der Waals surface area (Å²) in [6.45, 7) is 8.50. The van der Waals surface area contributed by atoms with Gasteiger partial charge in [-0.2, -0.15) is 0 Å². The van der Waals surface area contributed by atoms with E-state index < -0.39 is 6.10 Å². The minimum atomic E-state index is -0.910. The van der Waals surface area contributed by atoms with Crippen molar-refractivity contribution in [3.8, 4) is 0 Å². The molecule has 0 fully saturated rings. The summed E-state index contributed by atoms with van der Waals surface area (Å²) in [4.78, 5) is 11.3. The Balaban J connectivity index is 4.23. The first-order valence-electron chi connectivity index (χ1n) is 4.50. The van der Waals surface area contributed by atoms with Crippen LogP contribution in [0.5, 0.6) is 0 Å². The maximum absolute atomic E-state index is 11.3. The van der Waals surface area contributed by atoms with Crippen molar-refractivity contribution >= 4 is 5.78 Å². The molecule has 0 aliphatic rings. The Bertz CT molecular complexity index is 209. The fourth-order valence-electron chi connectivity index (χ4n) is 0.965. The van der Waals surface area contributed by atoms with Gasteiger partial charge in [0.1, 0.15) is 6.54 Å². The van der Waals surface area contributed by atoms with Gasteiger partial charge in [-0.25, -0.2) is 0 Å². The van der Waals surface area contributed by atoms with Gasteiger partial charge in [-0.1, -0.05) is 6.58 Å². The molecule has 0 spiro atoms. The largest absolute Gasteiger partial charge is 0.379 e. The van der Waals surface area contributed by atoms with Gasteiger partial charge in [0.2, 0.25) is 0 Å².